The van der Waals surface area contributed by atoms with Crippen LogP contribution in [0.3, 0.4) is 0 Å². The van der Waals surface area contributed by atoms with Crippen LogP contribution in [0.25, 0.3) is 0 Å². The molecule has 6 heteroatoms. The molecular weight excluding hydrogens is 333 g/mol. The summed E-state index contributed by atoms with van der Waals surface area (Å²) in [7, 11) is 1.54. The van der Waals surface area contributed by atoms with Crippen molar-refractivity contribution in [1.29, 1.82) is 0 Å². The van der Waals surface area contributed by atoms with Crippen molar-refractivity contribution >= 4 is 40.7 Å². The van der Waals surface area contributed by atoms with Crippen LogP contribution in [0.4, 0.5) is 0 Å². The molecule has 0 aromatic heterocycles. The Hall–Kier alpha value is -1.42. The van der Waals surface area contributed by atoms with Crippen molar-refractivity contribution in [3.05, 3.63) is 62.6 Å². The molecular formula is C15H12Cl3NO2. The van der Waals surface area contributed by atoms with Gasteiger partial charge in [-0.2, -0.15) is 0 Å². The SMILES string of the molecule is COc1ccc(CNC(=O)c2c(Cl)cccc2Cl)cc1Cl. The second-order valence-corrected chi connectivity index (χ2v) is 5.47. The largest absolute Gasteiger partial charge is 0.495 e. The minimum absolute atomic E-state index is 0.264. The fraction of sp³-hybridized carbons (Fsp3) is 0.133. The van der Waals surface area contributed by atoms with Crippen molar-refractivity contribution in [3.63, 3.8) is 0 Å². The van der Waals surface area contributed by atoms with Crippen molar-refractivity contribution in [2.45, 2.75) is 6.54 Å². The second kappa shape index (κ2) is 7.03. The fourth-order valence-electron chi connectivity index (χ4n) is 1.81. The molecule has 21 heavy (non-hydrogen) atoms. The van der Waals surface area contributed by atoms with Crippen molar-refractivity contribution in [1.82, 2.24) is 5.32 Å². The third-order valence-corrected chi connectivity index (χ3v) is 3.78. The molecule has 2 aromatic carbocycles. The van der Waals surface area contributed by atoms with Gasteiger partial charge in [0, 0.05) is 6.54 Å². The number of amides is 1. The molecule has 0 aliphatic heterocycles. The van der Waals surface area contributed by atoms with E-state index in [-0.39, 0.29) is 11.5 Å². The van der Waals surface area contributed by atoms with Gasteiger partial charge in [0.05, 0.1) is 27.7 Å². The van der Waals surface area contributed by atoms with Gasteiger partial charge in [-0.3, -0.25) is 4.79 Å². The summed E-state index contributed by atoms with van der Waals surface area (Å²) in [6, 6.07) is 10.2. The van der Waals surface area contributed by atoms with Gasteiger partial charge in [0.2, 0.25) is 0 Å². The molecule has 0 unspecified atom stereocenters. The summed E-state index contributed by atoms with van der Waals surface area (Å²) in [5.41, 5.74) is 1.11. The van der Waals surface area contributed by atoms with Crippen molar-refractivity contribution in [2.75, 3.05) is 7.11 Å². The zero-order valence-electron chi connectivity index (χ0n) is 11.1. The number of carbonyl (C=O) groups excluding carboxylic acids is 1. The summed E-state index contributed by atoms with van der Waals surface area (Å²) >= 11 is 18.0. The van der Waals surface area contributed by atoms with Crippen LogP contribution in [0.5, 0.6) is 5.75 Å². The lowest BCUT2D eigenvalue weighted by Gasteiger charge is -2.09. The van der Waals surface area contributed by atoms with Crippen LogP contribution in [-0.4, -0.2) is 13.0 Å². The van der Waals surface area contributed by atoms with E-state index < -0.39 is 0 Å². The normalized spacial score (nSPS) is 10.3. The fourth-order valence-corrected chi connectivity index (χ4v) is 2.65. The minimum Gasteiger partial charge on any atom is -0.495 e. The zero-order valence-corrected chi connectivity index (χ0v) is 13.4. The van der Waals surface area contributed by atoms with E-state index in [0.717, 1.165) is 5.56 Å². The third kappa shape index (κ3) is 3.82. The van der Waals surface area contributed by atoms with Crippen LogP contribution < -0.4 is 10.1 Å². The molecule has 0 heterocycles. The summed E-state index contributed by atoms with van der Waals surface area (Å²) < 4.78 is 5.07. The monoisotopic (exact) mass is 343 g/mol. The first-order valence-electron chi connectivity index (χ1n) is 6.07. The van der Waals surface area contributed by atoms with E-state index in [1.807, 2.05) is 6.07 Å². The number of ether oxygens (including phenoxy) is 1. The lowest BCUT2D eigenvalue weighted by atomic mass is 10.2. The molecule has 1 amide bonds. The summed E-state index contributed by atoms with van der Waals surface area (Å²) in [5.74, 6) is 0.249. The summed E-state index contributed by atoms with van der Waals surface area (Å²) in [6.07, 6.45) is 0. The summed E-state index contributed by atoms with van der Waals surface area (Å²) in [6.45, 7) is 0.310. The van der Waals surface area contributed by atoms with E-state index >= 15 is 0 Å². The van der Waals surface area contributed by atoms with E-state index in [0.29, 0.717) is 27.4 Å². The van der Waals surface area contributed by atoms with Crippen LogP contribution in [0, 0.1) is 0 Å². The van der Waals surface area contributed by atoms with E-state index in [1.54, 1.807) is 37.4 Å². The summed E-state index contributed by atoms with van der Waals surface area (Å²) in [4.78, 5) is 12.1. The highest BCUT2D eigenvalue weighted by atomic mass is 35.5. The number of halogens is 3. The Morgan fingerprint density at radius 2 is 1.76 bits per heavy atom. The quantitative estimate of drug-likeness (QED) is 0.881. The van der Waals surface area contributed by atoms with E-state index in [2.05, 4.69) is 5.32 Å². The highest BCUT2D eigenvalue weighted by molar-refractivity contribution is 6.39. The predicted octanol–water partition coefficient (Wildman–Crippen LogP) is 4.59. The Morgan fingerprint density at radius 3 is 2.33 bits per heavy atom. The van der Waals surface area contributed by atoms with Crippen LogP contribution in [-0.2, 0) is 6.54 Å². The minimum atomic E-state index is -0.336. The van der Waals surface area contributed by atoms with Gasteiger partial charge in [-0.15, -0.1) is 0 Å². The molecule has 110 valence electrons. The van der Waals surface area contributed by atoms with Crippen LogP contribution in [0.1, 0.15) is 15.9 Å². The lowest BCUT2D eigenvalue weighted by molar-refractivity contribution is 0.0951. The molecule has 0 aliphatic rings. The number of hydrogen-bond donors (Lipinski definition) is 1. The Balaban J connectivity index is 2.09. The van der Waals surface area contributed by atoms with Gasteiger partial charge in [0.15, 0.2) is 0 Å². The number of rotatable bonds is 4. The molecule has 1 N–H and O–H groups in total. The molecule has 0 spiro atoms. The average Bonchev–Trinajstić information content (AvgIpc) is 2.45. The number of methoxy groups -OCH3 is 1. The molecule has 0 bridgehead atoms. The van der Waals surface area contributed by atoms with Crippen LogP contribution >= 0.6 is 34.8 Å². The number of benzene rings is 2. The maximum atomic E-state index is 12.1. The first-order valence-corrected chi connectivity index (χ1v) is 7.21. The number of carbonyl (C=O) groups is 1. The van der Waals surface area contributed by atoms with Gasteiger partial charge in [-0.05, 0) is 29.8 Å². The maximum absolute atomic E-state index is 12.1. The Morgan fingerprint density at radius 1 is 1.10 bits per heavy atom. The molecule has 3 nitrogen and oxygen atoms in total. The van der Waals surface area contributed by atoms with Gasteiger partial charge in [-0.1, -0.05) is 46.9 Å². The first-order chi connectivity index (χ1) is 10.0. The molecule has 0 saturated carbocycles. The first kappa shape index (κ1) is 16.0. The van der Waals surface area contributed by atoms with Crippen LogP contribution in [0.15, 0.2) is 36.4 Å². The van der Waals surface area contributed by atoms with E-state index in [4.69, 9.17) is 39.5 Å². The van der Waals surface area contributed by atoms with Crippen molar-refractivity contribution in [3.8, 4) is 5.75 Å². The molecule has 2 rings (SSSR count). The molecule has 0 saturated heterocycles. The van der Waals surface area contributed by atoms with Crippen molar-refractivity contribution in [2.24, 2.45) is 0 Å². The van der Waals surface area contributed by atoms with Gasteiger partial charge < -0.3 is 10.1 Å². The highest BCUT2D eigenvalue weighted by Gasteiger charge is 2.14. The topological polar surface area (TPSA) is 38.3 Å². The molecule has 0 atom stereocenters. The van der Waals surface area contributed by atoms with Crippen LogP contribution in [0.2, 0.25) is 15.1 Å². The maximum Gasteiger partial charge on any atom is 0.254 e. The number of nitrogens with one attached hydrogen (secondary N) is 1. The Kier molecular flexibility index (Phi) is 5.34. The standard InChI is InChI=1S/C15H12Cl3NO2/c1-21-13-6-5-9(7-12(13)18)8-19-15(20)14-10(16)3-2-4-11(14)17/h2-7H,8H2,1H3,(H,19,20). The predicted molar refractivity (Wildman–Crippen MR) is 85.6 cm³/mol. The van der Waals surface area contributed by atoms with Gasteiger partial charge >= 0.3 is 0 Å². The third-order valence-electron chi connectivity index (χ3n) is 2.86. The summed E-state index contributed by atoms with van der Waals surface area (Å²) in [5, 5.41) is 3.87. The highest BCUT2D eigenvalue weighted by Crippen LogP contribution is 2.26. The molecule has 0 radical (unpaired) electrons. The van der Waals surface area contributed by atoms with Gasteiger partial charge in [0.25, 0.3) is 5.91 Å². The van der Waals surface area contributed by atoms with Gasteiger partial charge in [0.1, 0.15) is 5.75 Å². The van der Waals surface area contributed by atoms with E-state index in [9.17, 15) is 4.79 Å². The Bertz CT molecular complexity index is 654. The molecule has 0 aliphatic carbocycles. The smallest absolute Gasteiger partial charge is 0.254 e. The van der Waals surface area contributed by atoms with Crippen molar-refractivity contribution < 1.29 is 9.53 Å². The lowest BCUT2D eigenvalue weighted by Crippen LogP contribution is -2.23. The molecule has 0 fully saturated rings. The second-order valence-electron chi connectivity index (χ2n) is 4.25. The average molecular weight is 345 g/mol. The zero-order chi connectivity index (χ0) is 15.4. The number of hydrogen-bond acceptors (Lipinski definition) is 2. The molecule has 2 aromatic rings. The van der Waals surface area contributed by atoms with Gasteiger partial charge in [-0.25, -0.2) is 0 Å². The Labute approximate surface area is 137 Å². The van der Waals surface area contributed by atoms with E-state index in [1.165, 1.54) is 0 Å².